The lowest BCUT2D eigenvalue weighted by atomic mass is 9.93. The molecule has 0 spiro atoms. The van der Waals surface area contributed by atoms with Crippen molar-refractivity contribution in [1.82, 2.24) is 4.90 Å². The Morgan fingerprint density at radius 2 is 2.05 bits per heavy atom. The third kappa shape index (κ3) is 5.16. The maximum absolute atomic E-state index is 11.0. The fourth-order valence-corrected chi connectivity index (χ4v) is 2.42. The Kier molecular flexibility index (Phi) is 5.31. The Hall–Kier alpha value is -1.14. The van der Waals surface area contributed by atoms with E-state index < -0.39 is 0 Å². The highest BCUT2D eigenvalue weighted by Crippen LogP contribution is 2.29. The lowest BCUT2D eigenvalue weighted by Crippen LogP contribution is -2.34. The molecule has 0 saturated carbocycles. The first-order valence-corrected chi connectivity index (χ1v) is 6.83. The Labute approximate surface area is 122 Å². The minimum absolute atomic E-state index is 0.0275. The molecule has 0 heterocycles. The maximum Gasteiger partial charge on any atom is 0.292 e. The summed E-state index contributed by atoms with van der Waals surface area (Å²) in [6.45, 7) is 5.83. The summed E-state index contributed by atoms with van der Waals surface area (Å²) in [5.41, 5.74) is 0.676. The molecule has 0 fully saturated rings. The highest BCUT2D eigenvalue weighted by atomic mass is 79.9. The van der Waals surface area contributed by atoms with E-state index in [9.17, 15) is 10.1 Å². The molecule has 19 heavy (non-hydrogen) atoms. The summed E-state index contributed by atoms with van der Waals surface area (Å²) in [7, 11) is 4.03. The second kappa shape index (κ2) is 6.34. The van der Waals surface area contributed by atoms with Crippen molar-refractivity contribution in [2.75, 3.05) is 32.5 Å². The molecular formula is C13H20BrN3O2. The predicted octanol–water partition coefficient (Wildman–Crippen LogP) is 3.36. The fourth-order valence-electron chi connectivity index (χ4n) is 2.06. The van der Waals surface area contributed by atoms with Crippen molar-refractivity contribution in [3.8, 4) is 0 Å². The molecule has 0 aromatic heterocycles. The molecule has 1 aromatic rings. The van der Waals surface area contributed by atoms with Crippen LogP contribution in [-0.4, -0.2) is 37.0 Å². The van der Waals surface area contributed by atoms with Crippen LogP contribution in [0.25, 0.3) is 0 Å². The Morgan fingerprint density at radius 3 is 2.58 bits per heavy atom. The van der Waals surface area contributed by atoms with E-state index in [1.54, 1.807) is 12.1 Å². The quantitative estimate of drug-likeness (QED) is 0.642. The zero-order chi connectivity index (χ0) is 14.6. The van der Waals surface area contributed by atoms with E-state index >= 15 is 0 Å². The molecule has 0 atom stereocenters. The van der Waals surface area contributed by atoms with Crippen molar-refractivity contribution in [2.45, 2.75) is 13.8 Å². The largest absolute Gasteiger partial charge is 0.379 e. The van der Waals surface area contributed by atoms with Crippen molar-refractivity contribution in [1.29, 1.82) is 0 Å². The highest BCUT2D eigenvalue weighted by molar-refractivity contribution is 9.10. The molecule has 0 aliphatic rings. The van der Waals surface area contributed by atoms with Crippen LogP contribution in [0.5, 0.6) is 0 Å². The smallest absolute Gasteiger partial charge is 0.292 e. The van der Waals surface area contributed by atoms with Crippen LogP contribution in [0.3, 0.4) is 0 Å². The van der Waals surface area contributed by atoms with Gasteiger partial charge in [0, 0.05) is 23.6 Å². The number of anilines is 1. The summed E-state index contributed by atoms with van der Waals surface area (Å²) < 4.78 is 0.825. The third-order valence-corrected chi connectivity index (χ3v) is 3.15. The molecule has 1 rings (SSSR count). The molecule has 1 aromatic carbocycles. The number of hydrogen-bond acceptors (Lipinski definition) is 4. The van der Waals surface area contributed by atoms with Gasteiger partial charge in [0.2, 0.25) is 0 Å². The molecule has 0 aliphatic heterocycles. The third-order valence-electron chi connectivity index (χ3n) is 2.66. The molecule has 0 bridgehead atoms. The number of nitro groups is 1. The van der Waals surface area contributed by atoms with Gasteiger partial charge in [-0.25, -0.2) is 0 Å². The van der Waals surface area contributed by atoms with Gasteiger partial charge in [-0.1, -0.05) is 29.8 Å². The maximum atomic E-state index is 11.0. The van der Waals surface area contributed by atoms with E-state index in [0.29, 0.717) is 12.2 Å². The van der Waals surface area contributed by atoms with Gasteiger partial charge in [-0.15, -0.1) is 0 Å². The van der Waals surface area contributed by atoms with E-state index in [-0.39, 0.29) is 16.0 Å². The van der Waals surface area contributed by atoms with Crippen molar-refractivity contribution >= 4 is 27.3 Å². The number of nitrogens with zero attached hydrogens (tertiary/aromatic N) is 2. The van der Waals surface area contributed by atoms with Crippen molar-refractivity contribution < 1.29 is 4.92 Å². The molecule has 0 amide bonds. The molecular weight excluding hydrogens is 310 g/mol. The first-order chi connectivity index (χ1) is 8.71. The van der Waals surface area contributed by atoms with Crippen LogP contribution < -0.4 is 5.32 Å². The molecule has 0 radical (unpaired) electrons. The number of benzene rings is 1. The van der Waals surface area contributed by atoms with E-state index in [4.69, 9.17) is 0 Å². The van der Waals surface area contributed by atoms with Gasteiger partial charge in [0.1, 0.15) is 5.69 Å². The SMILES string of the molecule is CN(C)CC(C)(C)CNc1cc(Br)ccc1[N+](=O)[O-]. The van der Waals surface area contributed by atoms with E-state index in [2.05, 4.69) is 40.0 Å². The number of nitrogens with one attached hydrogen (secondary N) is 1. The summed E-state index contributed by atoms with van der Waals surface area (Å²) >= 11 is 3.34. The van der Waals surface area contributed by atoms with Gasteiger partial charge in [-0.2, -0.15) is 0 Å². The Bertz CT molecular complexity index is 461. The van der Waals surface area contributed by atoms with Crippen LogP contribution in [-0.2, 0) is 0 Å². The van der Waals surface area contributed by atoms with Crippen LogP contribution >= 0.6 is 15.9 Å². The van der Waals surface area contributed by atoms with Gasteiger partial charge in [-0.3, -0.25) is 10.1 Å². The number of halogens is 1. The van der Waals surface area contributed by atoms with Gasteiger partial charge in [0.15, 0.2) is 0 Å². The van der Waals surface area contributed by atoms with Gasteiger partial charge < -0.3 is 10.2 Å². The summed E-state index contributed by atoms with van der Waals surface area (Å²) in [4.78, 5) is 12.7. The summed E-state index contributed by atoms with van der Waals surface area (Å²) in [6.07, 6.45) is 0. The molecule has 106 valence electrons. The summed E-state index contributed by atoms with van der Waals surface area (Å²) in [5, 5.41) is 14.2. The van der Waals surface area contributed by atoms with E-state index in [0.717, 1.165) is 11.0 Å². The van der Waals surface area contributed by atoms with Crippen LogP contribution in [0.4, 0.5) is 11.4 Å². The second-order valence-corrected chi connectivity index (χ2v) is 6.59. The highest BCUT2D eigenvalue weighted by Gasteiger charge is 2.21. The summed E-state index contributed by atoms with van der Waals surface area (Å²) in [5.74, 6) is 0. The summed E-state index contributed by atoms with van der Waals surface area (Å²) in [6, 6.07) is 4.92. The van der Waals surface area contributed by atoms with E-state index in [1.807, 2.05) is 14.1 Å². The fraction of sp³-hybridized carbons (Fsp3) is 0.538. The zero-order valence-corrected chi connectivity index (χ0v) is 13.3. The monoisotopic (exact) mass is 329 g/mol. The first-order valence-electron chi connectivity index (χ1n) is 6.04. The van der Waals surface area contributed by atoms with Crippen molar-refractivity contribution in [3.05, 3.63) is 32.8 Å². The first kappa shape index (κ1) is 15.9. The average molecular weight is 330 g/mol. The molecule has 0 unspecified atom stereocenters. The number of rotatable bonds is 6. The molecule has 0 saturated heterocycles. The second-order valence-electron chi connectivity index (χ2n) is 5.67. The standard InChI is InChI=1S/C13H20BrN3O2/c1-13(2,9-16(3)4)8-15-11-7-10(14)5-6-12(11)17(18)19/h5-7,15H,8-9H2,1-4H3. The van der Waals surface area contributed by atoms with Crippen LogP contribution in [0.2, 0.25) is 0 Å². The molecule has 0 aliphatic carbocycles. The Morgan fingerprint density at radius 1 is 1.42 bits per heavy atom. The minimum Gasteiger partial charge on any atom is -0.379 e. The van der Waals surface area contributed by atoms with Gasteiger partial charge in [0.05, 0.1) is 4.92 Å². The van der Waals surface area contributed by atoms with Gasteiger partial charge in [0.25, 0.3) is 5.69 Å². The molecule has 5 nitrogen and oxygen atoms in total. The van der Waals surface area contributed by atoms with Gasteiger partial charge in [-0.05, 0) is 31.6 Å². The van der Waals surface area contributed by atoms with Gasteiger partial charge >= 0.3 is 0 Å². The topological polar surface area (TPSA) is 58.4 Å². The van der Waals surface area contributed by atoms with Crippen LogP contribution in [0.1, 0.15) is 13.8 Å². The molecule has 6 heteroatoms. The van der Waals surface area contributed by atoms with Crippen LogP contribution in [0, 0.1) is 15.5 Å². The number of nitro benzene ring substituents is 1. The normalized spacial score (nSPS) is 11.7. The van der Waals surface area contributed by atoms with Crippen LogP contribution in [0.15, 0.2) is 22.7 Å². The number of hydrogen-bond donors (Lipinski definition) is 1. The van der Waals surface area contributed by atoms with E-state index in [1.165, 1.54) is 6.07 Å². The Balaban J connectivity index is 2.82. The lowest BCUT2D eigenvalue weighted by molar-refractivity contribution is -0.384. The minimum atomic E-state index is -0.367. The predicted molar refractivity (Wildman–Crippen MR) is 81.6 cm³/mol. The molecule has 1 N–H and O–H groups in total. The lowest BCUT2D eigenvalue weighted by Gasteiger charge is -2.28. The van der Waals surface area contributed by atoms with Crippen molar-refractivity contribution in [2.24, 2.45) is 5.41 Å². The average Bonchev–Trinajstić information content (AvgIpc) is 2.24. The van der Waals surface area contributed by atoms with Crippen molar-refractivity contribution in [3.63, 3.8) is 0 Å². The zero-order valence-electron chi connectivity index (χ0n) is 11.7.